The van der Waals surface area contributed by atoms with Gasteiger partial charge in [0.25, 0.3) is 5.91 Å². The summed E-state index contributed by atoms with van der Waals surface area (Å²) in [5, 5.41) is 11.8. The Bertz CT molecular complexity index is 803. The molecule has 8 nitrogen and oxygen atoms in total. The number of carboxylic acid groups (broad SMARTS) is 1. The Morgan fingerprint density at radius 1 is 1.27 bits per heavy atom. The molecule has 1 atom stereocenters. The Kier molecular flexibility index (Phi) is 7.31. The predicted molar refractivity (Wildman–Crippen MR) is 95.7 cm³/mol. The van der Waals surface area contributed by atoms with E-state index in [0.717, 1.165) is 11.2 Å². The third-order valence-electron chi connectivity index (χ3n) is 3.93. The zero-order valence-corrected chi connectivity index (χ0v) is 16.1. The molecule has 1 aromatic rings. The molecule has 0 radical (unpaired) electrons. The fourth-order valence-corrected chi connectivity index (χ4v) is 3.05. The summed E-state index contributed by atoms with van der Waals surface area (Å²) in [6.07, 6.45) is 1.52. The molecular formula is C17H24N2O6S. The van der Waals surface area contributed by atoms with Gasteiger partial charge in [0, 0.05) is 31.8 Å². The first-order valence-corrected chi connectivity index (χ1v) is 9.99. The molecule has 0 bridgehead atoms. The number of nitrogens with one attached hydrogen (secondary N) is 1. The van der Waals surface area contributed by atoms with Gasteiger partial charge in [-0.2, -0.15) is 0 Å². The molecule has 0 aliphatic rings. The van der Waals surface area contributed by atoms with Crippen LogP contribution in [0.15, 0.2) is 23.1 Å². The van der Waals surface area contributed by atoms with E-state index in [1.807, 2.05) is 6.92 Å². The summed E-state index contributed by atoms with van der Waals surface area (Å²) >= 11 is 0. The van der Waals surface area contributed by atoms with E-state index in [2.05, 4.69) is 5.32 Å². The Labute approximate surface area is 153 Å². The third-order valence-corrected chi connectivity index (χ3v) is 5.04. The highest BCUT2D eigenvalue weighted by Crippen LogP contribution is 2.20. The fourth-order valence-electron chi connectivity index (χ4n) is 2.41. The standard InChI is InChI=1S/C17H24N2O6S/c1-5-13-6-7-14(26(4,24)25)10-15(13)16(21)19(11(2)17(22)23)9-8-18-12(3)20/h6-7,10-11H,5,8-9H2,1-4H3,(H,18,20)(H,22,23). The average Bonchev–Trinajstić information content (AvgIpc) is 2.55. The van der Waals surface area contributed by atoms with Gasteiger partial charge in [0.05, 0.1) is 4.90 Å². The van der Waals surface area contributed by atoms with E-state index < -0.39 is 27.8 Å². The number of hydrogen-bond acceptors (Lipinski definition) is 5. The summed E-state index contributed by atoms with van der Waals surface area (Å²) in [4.78, 5) is 36.5. The van der Waals surface area contributed by atoms with Crippen molar-refractivity contribution in [2.45, 2.75) is 38.1 Å². The lowest BCUT2D eigenvalue weighted by atomic mass is 10.0. The highest BCUT2D eigenvalue weighted by molar-refractivity contribution is 7.90. The zero-order valence-electron chi connectivity index (χ0n) is 15.3. The summed E-state index contributed by atoms with van der Waals surface area (Å²) in [7, 11) is -3.52. The molecule has 26 heavy (non-hydrogen) atoms. The van der Waals surface area contributed by atoms with Crippen LogP contribution in [0.2, 0.25) is 0 Å². The van der Waals surface area contributed by atoms with Crippen molar-refractivity contribution in [2.24, 2.45) is 0 Å². The number of hydrogen-bond donors (Lipinski definition) is 2. The van der Waals surface area contributed by atoms with Crippen LogP contribution in [-0.4, -0.2) is 61.6 Å². The van der Waals surface area contributed by atoms with Gasteiger partial charge < -0.3 is 15.3 Å². The first kappa shape index (κ1) is 21.6. The van der Waals surface area contributed by atoms with Crippen LogP contribution in [0.4, 0.5) is 0 Å². The molecule has 1 rings (SSSR count). The van der Waals surface area contributed by atoms with Gasteiger partial charge in [-0.05, 0) is 31.0 Å². The van der Waals surface area contributed by atoms with E-state index in [1.54, 1.807) is 6.07 Å². The van der Waals surface area contributed by atoms with Crippen LogP contribution < -0.4 is 5.32 Å². The Balaban J connectivity index is 3.31. The summed E-state index contributed by atoms with van der Waals surface area (Å²) in [5.74, 6) is -2.08. The predicted octanol–water partition coefficient (Wildman–Crippen LogP) is 0.704. The van der Waals surface area contributed by atoms with Gasteiger partial charge in [0.2, 0.25) is 5.91 Å². The zero-order chi connectivity index (χ0) is 20.1. The number of nitrogens with zero attached hydrogens (tertiary/aromatic N) is 1. The third kappa shape index (κ3) is 5.55. The van der Waals surface area contributed by atoms with Crippen molar-refractivity contribution in [3.8, 4) is 0 Å². The largest absolute Gasteiger partial charge is 0.480 e. The molecule has 0 aliphatic carbocycles. The van der Waals surface area contributed by atoms with Crippen molar-refractivity contribution >= 4 is 27.6 Å². The van der Waals surface area contributed by atoms with Crippen molar-refractivity contribution in [3.05, 3.63) is 29.3 Å². The molecular weight excluding hydrogens is 360 g/mol. The van der Waals surface area contributed by atoms with E-state index in [9.17, 15) is 27.9 Å². The van der Waals surface area contributed by atoms with Crippen LogP contribution in [-0.2, 0) is 25.8 Å². The molecule has 0 fully saturated rings. The van der Waals surface area contributed by atoms with Crippen LogP contribution in [0.1, 0.15) is 36.7 Å². The van der Waals surface area contributed by atoms with Crippen molar-refractivity contribution in [3.63, 3.8) is 0 Å². The number of carbonyl (C=O) groups is 3. The molecule has 0 aromatic heterocycles. The number of aryl methyl sites for hydroxylation is 1. The molecule has 1 aromatic carbocycles. The number of benzene rings is 1. The number of carboxylic acids is 1. The number of sulfone groups is 1. The number of amides is 2. The van der Waals surface area contributed by atoms with Crippen molar-refractivity contribution in [1.82, 2.24) is 10.2 Å². The maximum absolute atomic E-state index is 13.0. The van der Waals surface area contributed by atoms with Gasteiger partial charge in [-0.1, -0.05) is 13.0 Å². The van der Waals surface area contributed by atoms with Gasteiger partial charge in [0.1, 0.15) is 6.04 Å². The van der Waals surface area contributed by atoms with Gasteiger partial charge in [-0.25, -0.2) is 13.2 Å². The molecule has 0 spiro atoms. The van der Waals surface area contributed by atoms with Crippen LogP contribution in [0, 0.1) is 0 Å². The SMILES string of the molecule is CCc1ccc(S(C)(=O)=O)cc1C(=O)N(CCNC(C)=O)C(C)C(=O)O. The topological polar surface area (TPSA) is 121 Å². The van der Waals surface area contributed by atoms with E-state index in [0.29, 0.717) is 12.0 Å². The summed E-state index contributed by atoms with van der Waals surface area (Å²) in [6, 6.07) is 3.12. The Hall–Kier alpha value is -2.42. The summed E-state index contributed by atoms with van der Waals surface area (Å²) in [6.45, 7) is 4.57. The summed E-state index contributed by atoms with van der Waals surface area (Å²) in [5.41, 5.74) is 0.760. The van der Waals surface area contributed by atoms with Gasteiger partial charge in [-0.15, -0.1) is 0 Å². The molecule has 2 N–H and O–H groups in total. The highest BCUT2D eigenvalue weighted by Gasteiger charge is 2.28. The molecule has 0 saturated heterocycles. The molecule has 0 saturated carbocycles. The maximum Gasteiger partial charge on any atom is 0.326 e. The first-order valence-electron chi connectivity index (χ1n) is 8.10. The Morgan fingerprint density at radius 2 is 1.88 bits per heavy atom. The van der Waals surface area contributed by atoms with Crippen LogP contribution in [0.25, 0.3) is 0 Å². The normalized spacial score (nSPS) is 12.3. The molecule has 1 unspecified atom stereocenters. The molecule has 0 aliphatic heterocycles. The average molecular weight is 384 g/mol. The minimum atomic E-state index is -3.52. The maximum atomic E-state index is 13.0. The lowest BCUT2D eigenvalue weighted by Crippen LogP contribution is -2.47. The van der Waals surface area contributed by atoms with E-state index in [1.165, 1.54) is 26.0 Å². The smallest absolute Gasteiger partial charge is 0.326 e. The quantitative estimate of drug-likeness (QED) is 0.681. The van der Waals surface area contributed by atoms with Crippen LogP contribution >= 0.6 is 0 Å². The molecule has 9 heteroatoms. The van der Waals surface area contributed by atoms with E-state index in [-0.39, 0.29) is 29.5 Å². The second-order valence-corrected chi connectivity index (χ2v) is 7.96. The number of rotatable bonds is 8. The highest BCUT2D eigenvalue weighted by atomic mass is 32.2. The number of carbonyl (C=O) groups excluding carboxylic acids is 2. The van der Waals surface area contributed by atoms with Crippen LogP contribution in [0.3, 0.4) is 0 Å². The lowest BCUT2D eigenvalue weighted by Gasteiger charge is -2.27. The fraction of sp³-hybridized carbons (Fsp3) is 0.471. The van der Waals surface area contributed by atoms with E-state index >= 15 is 0 Å². The minimum absolute atomic E-state index is 0.0113. The second kappa shape index (κ2) is 8.79. The van der Waals surface area contributed by atoms with Crippen LogP contribution in [0.5, 0.6) is 0 Å². The van der Waals surface area contributed by atoms with Gasteiger partial charge in [-0.3, -0.25) is 9.59 Å². The van der Waals surface area contributed by atoms with Gasteiger partial charge in [0.15, 0.2) is 9.84 Å². The molecule has 2 amide bonds. The number of aliphatic carboxylic acids is 1. The molecule has 0 heterocycles. The van der Waals surface area contributed by atoms with Gasteiger partial charge >= 0.3 is 5.97 Å². The first-order chi connectivity index (χ1) is 12.0. The monoisotopic (exact) mass is 384 g/mol. The second-order valence-electron chi connectivity index (χ2n) is 5.94. The minimum Gasteiger partial charge on any atom is -0.480 e. The van der Waals surface area contributed by atoms with Crippen molar-refractivity contribution in [2.75, 3.05) is 19.3 Å². The summed E-state index contributed by atoms with van der Waals surface area (Å²) < 4.78 is 23.6. The van der Waals surface area contributed by atoms with E-state index in [4.69, 9.17) is 0 Å². The van der Waals surface area contributed by atoms with Crippen molar-refractivity contribution in [1.29, 1.82) is 0 Å². The van der Waals surface area contributed by atoms with Crippen molar-refractivity contribution < 1.29 is 27.9 Å². The molecule has 144 valence electrons. The Morgan fingerprint density at radius 3 is 2.35 bits per heavy atom. The lowest BCUT2D eigenvalue weighted by molar-refractivity contribution is -0.141.